The molecule has 1 heterocycles. The molecule has 1 saturated carbocycles. The van der Waals surface area contributed by atoms with Gasteiger partial charge in [-0.25, -0.2) is 0 Å². The van der Waals surface area contributed by atoms with Crippen molar-refractivity contribution in [2.75, 3.05) is 18.1 Å². The second-order valence-electron chi connectivity index (χ2n) is 7.63. The van der Waals surface area contributed by atoms with E-state index < -0.39 is 12.7 Å². The van der Waals surface area contributed by atoms with E-state index in [2.05, 4.69) is 28.8 Å². The van der Waals surface area contributed by atoms with Crippen LogP contribution in [0.15, 0.2) is 18.2 Å². The predicted octanol–water partition coefficient (Wildman–Crippen LogP) is 3.80. The van der Waals surface area contributed by atoms with Gasteiger partial charge in [-0.15, -0.1) is 0 Å². The molecule has 140 valence electrons. The molecule has 4 nitrogen and oxygen atoms in total. The molecule has 0 radical (unpaired) electrons. The number of nitrogens with one attached hydrogen (secondary N) is 1. The maximum Gasteiger partial charge on any atom is 0.421 e. The monoisotopic (exact) mass is 374 g/mol. The maximum atomic E-state index is 13.2. The number of fused-ring (bicyclic) bond motifs is 1. The number of nitrogens with zero attached hydrogens (tertiary/aromatic N) is 1. The van der Waals surface area contributed by atoms with E-state index in [4.69, 9.17) is 16.7 Å². The number of piperazine rings is 1. The first-order valence-corrected chi connectivity index (χ1v) is 9.10. The third-order valence-corrected chi connectivity index (χ3v) is 5.26. The molecule has 1 saturated heterocycles. The minimum atomic E-state index is -3.64. The first kappa shape index (κ1) is 18.7. The highest BCUT2D eigenvalue weighted by Gasteiger charge is 2.40. The molecule has 1 aliphatic heterocycles. The Morgan fingerprint density at radius 3 is 2.76 bits per heavy atom. The Morgan fingerprint density at radius 1 is 1.36 bits per heavy atom. The summed E-state index contributed by atoms with van der Waals surface area (Å²) in [4.78, 5) is 2.33. The van der Waals surface area contributed by atoms with Gasteiger partial charge in [-0.3, -0.25) is 0 Å². The summed E-state index contributed by atoms with van der Waals surface area (Å²) in [6, 6.07) is 5.70. The van der Waals surface area contributed by atoms with Crippen LogP contribution in [0, 0.1) is 0 Å². The summed E-state index contributed by atoms with van der Waals surface area (Å²) >= 11 is 6.18. The number of ether oxygens (including phenoxy) is 1. The van der Waals surface area contributed by atoms with E-state index >= 15 is 0 Å². The minimum absolute atomic E-state index is 0.0376. The van der Waals surface area contributed by atoms with Crippen molar-refractivity contribution in [1.82, 2.24) is 5.32 Å². The van der Waals surface area contributed by atoms with Crippen LogP contribution in [0.5, 0.6) is 5.75 Å². The molecule has 3 rings (SSSR count). The molecule has 2 N–H and O–H groups in total. The van der Waals surface area contributed by atoms with Gasteiger partial charge in [-0.05, 0) is 44.9 Å². The molecule has 2 fully saturated rings. The molecule has 7 heteroatoms. The van der Waals surface area contributed by atoms with Crippen LogP contribution in [-0.4, -0.2) is 42.0 Å². The van der Waals surface area contributed by atoms with Crippen LogP contribution in [-0.2, 0) is 0 Å². The quantitative estimate of drug-likeness (QED) is 0.841. The van der Waals surface area contributed by atoms with Crippen LogP contribution < -0.4 is 15.0 Å². The average Bonchev–Trinajstić information content (AvgIpc) is 2.55. The number of benzene rings is 1. The summed E-state index contributed by atoms with van der Waals surface area (Å²) in [6.07, 6.45) is 1.02. The molecule has 0 unspecified atom stereocenters. The largest absolute Gasteiger partial charge is 0.429 e. The summed E-state index contributed by atoms with van der Waals surface area (Å²) in [5, 5.41) is 12.5. The Morgan fingerprint density at radius 2 is 2.08 bits per heavy atom. The molecule has 2 aliphatic rings. The van der Waals surface area contributed by atoms with Crippen LogP contribution in [0.4, 0.5) is 14.5 Å². The van der Waals surface area contributed by atoms with E-state index in [1.165, 1.54) is 18.9 Å². The topological polar surface area (TPSA) is 44.7 Å². The minimum Gasteiger partial charge on any atom is -0.429 e. The van der Waals surface area contributed by atoms with Crippen molar-refractivity contribution in [3.05, 3.63) is 23.2 Å². The van der Waals surface area contributed by atoms with Crippen molar-refractivity contribution in [3.63, 3.8) is 0 Å². The van der Waals surface area contributed by atoms with Crippen LogP contribution >= 0.6 is 11.6 Å². The first-order valence-electron chi connectivity index (χ1n) is 8.72. The lowest BCUT2D eigenvalue weighted by molar-refractivity contribution is -0.200. The normalized spacial score (nSPS) is 26.2. The average molecular weight is 375 g/mol. The first-order chi connectivity index (χ1) is 11.7. The van der Waals surface area contributed by atoms with Gasteiger partial charge >= 0.3 is 6.11 Å². The lowest BCUT2D eigenvalue weighted by Crippen LogP contribution is -2.67. The van der Waals surface area contributed by atoms with Crippen LogP contribution in [0.25, 0.3) is 0 Å². The number of aliphatic hydroxyl groups is 1. The molecule has 1 aliphatic carbocycles. The molecule has 0 spiro atoms. The Balaban J connectivity index is 1.85. The van der Waals surface area contributed by atoms with E-state index in [1.807, 2.05) is 0 Å². The Bertz CT molecular complexity index is 627. The molecule has 0 aromatic heterocycles. The summed E-state index contributed by atoms with van der Waals surface area (Å²) in [7, 11) is 0. The number of halogens is 3. The fraction of sp³-hybridized carbons (Fsp3) is 0.667. The Labute approximate surface area is 152 Å². The standard InChI is InChI=1S/C18H25ClF2N2O2/c1-17(2)10-23(15-6-4-3-5-14(15)22-17)12-7-8-16(13(19)9-12)25-18(20,21)11-24/h7-9,14-15,22,24H,3-6,10-11H2,1-2H3/t14-,15-/m0/s1. The second kappa shape index (κ2) is 6.89. The van der Waals surface area contributed by atoms with Gasteiger partial charge in [-0.2, -0.15) is 8.78 Å². The van der Waals surface area contributed by atoms with Crippen molar-refractivity contribution in [3.8, 4) is 5.75 Å². The van der Waals surface area contributed by atoms with Crippen molar-refractivity contribution in [1.29, 1.82) is 0 Å². The van der Waals surface area contributed by atoms with Crippen LogP contribution in [0.1, 0.15) is 39.5 Å². The number of aliphatic hydroxyl groups excluding tert-OH is 1. The Kier molecular flexibility index (Phi) is 5.15. The molecular formula is C18H25ClF2N2O2. The highest BCUT2D eigenvalue weighted by Crippen LogP contribution is 2.37. The summed E-state index contributed by atoms with van der Waals surface area (Å²) in [6.45, 7) is 3.77. The number of rotatable bonds is 4. The van der Waals surface area contributed by atoms with Gasteiger partial charge in [0, 0.05) is 29.9 Å². The molecule has 1 aromatic carbocycles. The van der Waals surface area contributed by atoms with Crippen LogP contribution in [0.3, 0.4) is 0 Å². The van der Waals surface area contributed by atoms with E-state index in [-0.39, 0.29) is 16.3 Å². The molecule has 2 atom stereocenters. The smallest absolute Gasteiger partial charge is 0.421 e. The van der Waals surface area contributed by atoms with Gasteiger partial charge in [0.15, 0.2) is 0 Å². The zero-order chi connectivity index (χ0) is 18.2. The molecular weight excluding hydrogens is 350 g/mol. The Hall–Kier alpha value is -1.11. The fourth-order valence-electron chi connectivity index (χ4n) is 3.97. The third-order valence-electron chi connectivity index (χ3n) is 4.96. The lowest BCUT2D eigenvalue weighted by Gasteiger charge is -2.52. The highest BCUT2D eigenvalue weighted by atomic mass is 35.5. The second-order valence-corrected chi connectivity index (χ2v) is 8.03. The SMILES string of the molecule is CC1(C)CN(c2ccc(OC(F)(F)CO)c(Cl)c2)[C@H]2CCCC[C@@H]2N1. The fourth-order valence-corrected chi connectivity index (χ4v) is 4.18. The molecule has 0 bridgehead atoms. The van der Waals surface area contributed by atoms with Crippen LogP contribution in [0.2, 0.25) is 5.02 Å². The molecule has 1 aromatic rings. The maximum absolute atomic E-state index is 13.2. The van der Waals surface area contributed by atoms with E-state index in [0.717, 1.165) is 25.1 Å². The number of alkyl halides is 2. The summed E-state index contributed by atoms with van der Waals surface area (Å²) in [5.74, 6) is -0.126. The van der Waals surface area contributed by atoms with Crippen molar-refractivity contribution < 1.29 is 18.6 Å². The van der Waals surface area contributed by atoms with Crippen molar-refractivity contribution in [2.45, 2.75) is 63.3 Å². The van der Waals surface area contributed by atoms with Crippen molar-refractivity contribution >= 4 is 17.3 Å². The van der Waals surface area contributed by atoms with Gasteiger partial charge < -0.3 is 20.1 Å². The summed E-state index contributed by atoms with van der Waals surface area (Å²) in [5.41, 5.74) is 0.875. The van der Waals surface area contributed by atoms with Gasteiger partial charge in [-0.1, -0.05) is 24.4 Å². The van der Waals surface area contributed by atoms with Gasteiger partial charge in [0.25, 0.3) is 0 Å². The van der Waals surface area contributed by atoms with Crippen molar-refractivity contribution in [2.24, 2.45) is 0 Å². The molecule has 25 heavy (non-hydrogen) atoms. The van der Waals surface area contributed by atoms with E-state index in [1.54, 1.807) is 12.1 Å². The van der Waals surface area contributed by atoms with Gasteiger partial charge in [0.1, 0.15) is 12.4 Å². The lowest BCUT2D eigenvalue weighted by atomic mass is 9.83. The zero-order valence-electron chi connectivity index (χ0n) is 14.6. The third kappa shape index (κ3) is 4.18. The number of anilines is 1. The number of hydrogen-bond acceptors (Lipinski definition) is 4. The highest BCUT2D eigenvalue weighted by molar-refractivity contribution is 6.32. The summed E-state index contributed by atoms with van der Waals surface area (Å²) < 4.78 is 31.0. The van der Waals surface area contributed by atoms with Gasteiger partial charge in [0.05, 0.1) is 5.02 Å². The number of hydrogen-bond donors (Lipinski definition) is 2. The van der Waals surface area contributed by atoms with E-state index in [9.17, 15) is 8.78 Å². The van der Waals surface area contributed by atoms with Gasteiger partial charge in [0.2, 0.25) is 0 Å². The van der Waals surface area contributed by atoms with E-state index in [0.29, 0.717) is 12.1 Å². The predicted molar refractivity (Wildman–Crippen MR) is 94.7 cm³/mol. The molecule has 0 amide bonds. The zero-order valence-corrected chi connectivity index (χ0v) is 15.3.